The largest absolute Gasteiger partial charge is 0.459 e. The first-order valence-electron chi connectivity index (χ1n) is 10.3. The van der Waals surface area contributed by atoms with Gasteiger partial charge in [-0.25, -0.2) is 14.8 Å². The number of carbonyl (C=O) groups is 2. The van der Waals surface area contributed by atoms with Gasteiger partial charge in [0, 0.05) is 4.88 Å². The number of anilines is 2. The summed E-state index contributed by atoms with van der Waals surface area (Å²) in [6.45, 7) is -0.123. The molecule has 0 spiro atoms. The van der Waals surface area contributed by atoms with Gasteiger partial charge in [0.25, 0.3) is 5.91 Å². The number of nitrogen functional groups attached to an aromatic ring is 1. The van der Waals surface area contributed by atoms with Crippen LogP contribution in [0.25, 0.3) is 10.2 Å². The van der Waals surface area contributed by atoms with Crippen molar-refractivity contribution in [3.8, 4) is 0 Å². The number of para-hydroxylation sites is 1. The van der Waals surface area contributed by atoms with Gasteiger partial charge in [-0.2, -0.15) is 0 Å². The molecule has 0 aliphatic heterocycles. The fourth-order valence-electron chi connectivity index (χ4n) is 3.87. The monoisotopic (exact) mass is 448 g/mol. The molecule has 0 unspecified atom stereocenters. The van der Waals surface area contributed by atoms with Crippen molar-refractivity contribution < 1.29 is 18.7 Å². The summed E-state index contributed by atoms with van der Waals surface area (Å²) in [5.41, 5.74) is 8.03. The lowest BCUT2D eigenvalue weighted by Crippen LogP contribution is -2.15. The molecule has 3 N–H and O–H groups in total. The Labute approximate surface area is 187 Å². The number of aryl methyl sites for hydroxylation is 2. The quantitative estimate of drug-likeness (QED) is 0.435. The van der Waals surface area contributed by atoms with Crippen molar-refractivity contribution in [2.24, 2.45) is 0 Å². The second kappa shape index (κ2) is 8.43. The van der Waals surface area contributed by atoms with Gasteiger partial charge in [-0.1, -0.05) is 12.1 Å². The maximum Gasteiger partial charge on any atom is 0.340 e. The lowest BCUT2D eigenvalue weighted by Gasteiger charge is -2.11. The summed E-state index contributed by atoms with van der Waals surface area (Å²) in [6.07, 6.45) is 5.76. The van der Waals surface area contributed by atoms with Crippen LogP contribution in [0.2, 0.25) is 0 Å². The molecule has 0 fully saturated rings. The van der Waals surface area contributed by atoms with Gasteiger partial charge in [0.15, 0.2) is 18.2 Å². The number of fused-ring (bicyclic) bond motifs is 3. The van der Waals surface area contributed by atoms with E-state index in [2.05, 4.69) is 15.3 Å². The molecule has 0 radical (unpaired) electrons. The second-order valence-electron chi connectivity index (χ2n) is 7.47. The average molecular weight is 449 g/mol. The zero-order valence-electron chi connectivity index (χ0n) is 17.1. The third-order valence-corrected chi connectivity index (χ3v) is 6.55. The smallest absolute Gasteiger partial charge is 0.340 e. The van der Waals surface area contributed by atoms with Crippen LogP contribution in [0.1, 0.15) is 50.0 Å². The van der Waals surface area contributed by atoms with Crippen LogP contribution in [0.4, 0.5) is 11.5 Å². The molecule has 1 aromatic carbocycles. The first-order valence-corrected chi connectivity index (χ1v) is 11.1. The highest BCUT2D eigenvalue weighted by molar-refractivity contribution is 7.19. The highest BCUT2D eigenvalue weighted by Crippen LogP contribution is 2.37. The number of nitrogens with zero attached hydrogens (tertiary/aromatic N) is 2. The van der Waals surface area contributed by atoms with E-state index in [1.807, 2.05) is 0 Å². The SMILES string of the molecule is Nc1nc(COC(=O)c2ccccc2NC(=O)c2ccco2)nc2sc3c(c12)CCCC3. The Morgan fingerprint density at radius 1 is 1.12 bits per heavy atom. The van der Waals surface area contributed by atoms with Crippen LogP contribution >= 0.6 is 11.3 Å². The van der Waals surface area contributed by atoms with E-state index >= 15 is 0 Å². The second-order valence-corrected chi connectivity index (χ2v) is 8.55. The Hall–Kier alpha value is -3.72. The van der Waals surface area contributed by atoms with Gasteiger partial charge in [-0.3, -0.25) is 4.79 Å². The summed E-state index contributed by atoms with van der Waals surface area (Å²) in [5.74, 6) is -0.152. The molecule has 8 nitrogen and oxygen atoms in total. The lowest BCUT2D eigenvalue weighted by atomic mass is 9.97. The predicted octanol–water partition coefficient (Wildman–Crippen LogP) is 4.35. The van der Waals surface area contributed by atoms with Crippen LogP contribution in [0.15, 0.2) is 47.1 Å². The van der Waals surface area contributed by atoms with Crippen LogP contribution in [0.3, 0.4) is 0 Å². The van der Waals surface area contributed by atoms with Crippen LogP contribution in [-0.4, -0.2) is 21.8 Å². The molecule has 162 valence electrons. The van der Waals surface area contributed by atoms with Crippen molar-refractivity contribution in [3.63, 3.8) is 0 Å². The van der Waals surface area contributed by atoms with E-state index < -0.39 is 11.9 Å². The number of furan rings is 1. The minimum Gasteiger partial charge on any atom is -0.459 e. The third kappa shape index (κ3) is 3.82. The molecule has 1 amide bonds. The van der Waals surface area contributed by atoms with Crippen molar-refractivity contribution in [3.05, 3.63) is 70.3 Å². The molecular weight excluding hydrogens is 428 g/mol. The summed E-state index contributed by atoms with van der Waals surface area (Å²) in [6, 6.07) is 9.75. The predicted molar refractivity (Wildman–Crippen MR) is 121 cm³/mol. The molecule has 5 rings (SSSR count). The standard InChI is InChI=1S/C23H20N4O4S/c24-20-19-14-7-2-4-10-17(14)32-22(19)27-18(26-20)12-31-23(29)13-6-1-3-8-15(13)25-21(28)16-9-5-11-30-16/h1,3,5-6,8-9,11H,2,4,7,10,12H2,(H,25,28)(H2,24,26,27). The summed E-state index contributed by atoms with van der Waals surface area (Å²) in [5, 5.41) is 3.61. The van der Waals surface area contributed by atoms with Gasteiger partial charge < -0.3 is 20.2 Å². The Balaban J connectivity index is 1.33. The number of nitrogens with two attached hydrogens (primary N) is 1. The summed E-state index contributed by atoms with van der Waals surface area (Å²) < 4.78 is 10.5. The number of rotatable bonds is 5. The molecular formula is C23H20N4O4S. The number of amides is 1. The van der Waals surface area contributed by atoms with Crippen molar-refractivity contribution in [2.75, 3.05) is 11.1 Å². The molecule has 1 aliphatic carbocycles. The number of aromatic nitrogens is 2. The van der Waals surface area contributed by atoms with Gasteiger partial charge in [-0.15, -0.1) is 11.3 Å². The maximum absolute atomic E-state index is 12.7. The molecule has 0 bridgehead atoms. The fraction of sp³-hybridized carbons (Fsp3) is 0.217. The van der Waals surface area contributed by atoms with Gasteiger partial charge >= 0.3 is 5.97 Å². The Bertz CT molecular complexity index is 1310. The minimum atomic E-state index is -0.604. The molecule has 32 heavy (non-hydrogen) atoms. The van der Waals surface area contributed by atoms with Crippen LogP contribution in [0, 0.1) is 0 Å². The molecule has 3 heterocycles. The van der Waals surface area contributed by atoms with Crippen LogP contribution in [0.5, 0.6) is 0 Å². The van der Waals surface area contributed by atoms with E-state index in [-0.39, 0.29) is 17.9 Å². The molecule has 4 aromatic rings. The summed E-state index contributed by atoms with van der Waals surface area (Å²) >= 11 is 1.64. The van der Waals surface area contributed by atoms with E-state index in [9.17, 15) is 9.59 Å². The first kappa shape index (κ1) is 20.2. The maximum atomic E-state index is 12.7. The topological polar surface area (TPSA) is 120 Å². The minimum absolute atomic E-state index is 0.123. The first-order chi connectivity index (χ1) is 15.6. The Morgan fingerprint density at radius 2 is 1.97 bits per heavy atom. The number of hydrogen-bond acceptors (Lipinski definition) is 8. The number of benzene rings is 1. The van der Waals surface area contributed by atoms with E-state index in [1.54, 1.807) is 41.7 Å². The number of esters is 1. The van der Waals surface area contributed by atoms with Crippen molar-refractivity contribution >= 4 is 44.9 Å². The number of carbonyl (C=O) groups excluding carboxylic acids is 2. The number of thiophene rings is 1. The molecule has 0 atom stereocenters. The highest BCUT2D eigenvalue weighted by Gasteiger charge is 2.21. The molecule has 3 aromatic heterocycles. The van der Waals surface area contributed by atoms with Crippen molar-refractivity contribution in [1.82, 2.24) is 9.97 Å². The highest BCUT2D eigenvalue weighted by atomic mass is 32.1. The van der Waals surface area contributed by atoms with Crippen molar-refractivity contribution in [2.45, 2.75) is 32.3 Å². The molecule has 1 aliphatic rings. The van der Waals surface area contributed by atoms with E-state index in [0.717, 1.165) is 29.5 Å². The van der Waals surface area contributed by atoms with Gasteiger partial charge in [0.05, 0.1) is 22.9 Å². The van der Waals surface area contributed by atoms with E-state index in [1.165, 1.54) is 29.2 Å². The van der Waals surface area contributed by atoms with Gasteiger partial charge in [-0.05, 0) is 55.5 Å². The fourth-order valence-corrected chi connectivity index (χ4v) is 5.15. The lowest BCUT2D eigenvalue weighted by molar-refractivity contribution is 0.0464. The zero-order valence-corrected chi connectivity index (χ0v) is 17.9. The third-order valence-electron chi connectivity index (χ3n) is 5.36. The van der Waals surface area contributed by atoms with Gasteiger partial charge in [0.2, 0.25) is 0 Å². The number of nitrogens with one attached hydrogen (secondary N) is 1. The molecule has 0 saturated heterocycles. The molecule has 0 saturated carbocycles. The Kier molecular flexibility index (Phi) is 5.32. The summed E-state index contributed by atoms with van der Waals surface area (Å²) in [4.78, 5) is 36.1. The normalized spacial score (nSPS) is 13.0. The van der Waals surface area contributed by atoms with Crippen LogP contribution < -0.4 is 11.1 Å². The van der Waals surface area contributed by atoms with E-state index in [0.29, 0.717) is 17.3 Å². The summed E-state index contributed by atoms with van der Waals surface area (Å²) in [7, 11) is 0. The zero-order chi connectivity index (χ0) is 22.1. The van der Waals surface area contributed by atoms with Gasteiger partial charge in [0.1, 0.15) is 10.6 Å². The Morgan fingerprint density at radius 3 is 2.81 bits per heavy atom. The number of hydrogen-bond donors (Lipinski definition) is 2. The average Bonchev–Trinajstić information content (AvgIpc) is 3.46. The van der Waals surface area contributed by atoms with E-state index in [4.69, 9.17) is 14.9 Å². The molecule has 9 heteroatoms. The number of ether oxygens (including phenoxy) is 1. The van der Waals surface area contributed by atoms with Crippen LogP contribution in [-0.2, 0) is 24.2 Å². The van der Waals surface area contributed by atoms with Crippen molar-refractivity contribution in [1.29, 1.82) is 0 Å².